The molecule has 0 aliphatic carbocycles. The molecule has 164 valence electrons. The number of hydrogen-bond donors (Lipinski definition) is 2. The molecule has 0 bridgehead atoms. The van der Waals surface area contributed by atoms with Crippen LogP contribution >= 0.6 is 24.0 Å². The van der Waals surface area contributed by atoms with Crippen LogP contribution in [0, 0.1) is 0 Å². The first kappa shape index (κ1) is 24.2. The van der Waals surface area contributed by atoms with Crippen molar-refractivity contribution in [1.82, 2.24) is 29.9 Å². The lowest BCUT2D eigenvalue weighted by Gasteiger charge is -2.22. The molecule has 0 saturated heterocycles. The number of benzene rings is 1. The van der Waals surface area contributed by atoms with Gasteiger partial charge in [0.25, 0.3) is 0 Å². The lowest BCUT2D eigenvalue weighted by Crippen LogP contribution is -2.38. The molecular formula is C22H34IN7. The Labute approximate surface area is 196 Å². The first-order valence-corrected chi connectivity index (χ1v) is 10.3. The van der Waals surface area contributed by atoms with Crippen molar-refractivity contribution in [2.75, 3.05) is 33.7 Å². The van der Waals surface area contributed by atoms with Crippen LogP contribution in [0.3, 0.4) is 0 Å². The third-order valence-corrected chi connectivity index (χ3v) is 5.05. The zero-order chi connectivity index (χ0) is 20.6. The maximum absolute atomic E-state index is 4.81. The molecule has 0 radical (unpaired) electrons. The Morgan fingerprint density at radius 3 is 2.70 bits per heavy atom. The number of likely N-dealkylation sites (N-methyl/N-ethyl adjacent to an activating group) is 1. The van der Waals surface area contributed by atoms with Crippen LogP contribution in [0.2, 0.25) is 0 Å². The van der Waals surface area contributed by atoms with Crippen LogP contribution in [0.25, 0.3) is 10.9 Å². The molecule has 2 aromatic heterocycles. The first-order valence-electron chi connectivity index (χ1n) is 10.3. The highest BCUT2D eigenvalue weighted by atomic mass is 127. The number of hydrogen-bond acceptors (Lipinski definition) is 3. The molecule has 7 nitrogen and oxygen atoms in total. The number of aryl methyl sites for hydroxylation is 2. The van der Waals surface area contributed by atoms with Gasteiger partial charge in [0, 0.05) is 50.2 Å². The van der Waals surface area contributed by atoms with Crippen LogP contribution in [0.5, 0.6) is 0 Å². The van der Waals surface area contributed by atoms with E-state index in [9.17, 15) is 0 Å². The fourth-order valence-corrected chi connectivity index (χ4v) is 3.49. The van der Waals surface area contributed by atoms with Gasteiger partial charge in [-0.3, -0.25) is 9.67 Å². The van der Waals surface area contributed by atoms with Gasteiger partial charge in [-0.05, 0) is 45.0 Å². The molecule has 3 rings (SSSR count). The molecule has 0 spiro atoms. The van der Waals surface area contributed by atoms with Crippen LogP contribution in [-0.4, -0.2) is 58.9 Å². The van der Waals surface area contributed by atoms with Crippen molar-refractivity contribution >= 4 is 40.8 Å². The number of aromatic nitrogens is 3. The van der Waals surface area contributed by atoms with Crippen LogP contribution in [-0.2, 0) is 13.6 Å². The van der Waals surface area contributed by atoms with Gasteiger partial charge in [-0.2, -0.15) is 5.10 Å². The Kier molecular flexibility index (Phi) is 9.64. The van der Waals surface area contributed by atoms with E-state index >= 15 is 0 Å². The summed E-state index contributed by atoms with van der Waals surface area (Å²) in [4.78, 5) is 7.00. The predicted octanol–water partition coefficient (Wildman–Crippen LogP) is 3.24. The second-order valence-electron chi connectivity index (χ2n) is 7.49. The maximum Gasteiger partial charge on any atom is 0.191 e. The number of guanidine groups is 1. The summed E-state index contributed by atoms with van der Waals surface area (Å²) >= 11 is 0. The molecule has 0 aliphatic heterocycles. The zero-order valence-electron chi connectivity index (χ0n) is 18.4. The third kappa shape index (κ3) is 6.46. The van der Waals surface area contributed by atoms with Gasteiger partial charge in [-0.1, -0.05) is 18.2 Å². The number of halogens is 1. The summed E-state index contributed by atoms with van der Waals surface area (Å²) in [6, 6.07) is 10.9. The number of nitrogens with one attached hydrogen (secondary N) is 2. The quantitative estimate of drug-likeness (QED) is 0.196. The number of fused-ring (bicyclic) bond motifs is 1. The minimum absolute atomic E-state index is 0. The molecular weight excluding hydrogens is 489 g/mol. The summed E-state index contributed by atoms with van der Waals surface area (Å²) in [5.74, 6) is 0.862. The molecule has 3 aromatic rings. The van der Waals surface area contributed by atoms with Gasteiger partial charge in [0.15, 0.2) is 5.96 Å². The van der Waals surface area contributed by atoms with E-state index in [1.54, 1.807) is 0 Å². The molecule has 8 heteroatoms. The van der Waals surface area contributed by atoms with Crippen molar-refractivity contribution in [3.05, 3.63) is 54.5 Å². The Bertz CT molecular complexity index is 928. The van der Waals surface area contributed by atoms with E-state index in [4.69, 9.17) is 4.99 Å². The van der Waals surface area contributed by atoms with Crippen LogP contribution in [0.1, 0.15) is 24.9 Å². The smallest absolute Gasteiger partial charge is 0.191 e. The van der Waals surface area contributed by atoms with E-state index in [2.05, 4.69) is 88.9 Å². The molecule has 30 heavy (non-hydrogen) atoms. The SMILES string of the molecule is CCNC(=NCC(c1cnn(C)c1)N(C)C)NCCCn1ccc2ccccc21.I. The summed E-state index contributed by atoms with van der Waals surface area (Å²) in [5.41, 5.74) is 2.47. The topological polar surface area (TPSA) is 62.4 Å². The molecule has 0 fully saturated rings. The first-order chi connectivity index (χ1) is 14.1. The number of rotatable bonds is 9. The molecule has 2 N–H and O–H groups in total. The zero-order valence-corrected chi connectivity index (χ0v) is 20.7. The lowest BCUT2D eigenvalue weighted by atomic mass is 10.1. The Morgan fingerprint density at radius 2 is 2.00 bits per heavy atom. The molecule has 0 saturated carbocycles. The highest BCUT2D eigenvalue weighted by Crippen LogP contribution is 2.17. The van der Waals surface area contributed by atoms with Crippen molar-refractivity contribution in [1.29, 1.82) is 0 Å². The molecule has 0 amide bonds. The number of nitrogens with zero attached hydrogens (tertiary/aromatic N) is 5. The van der Waals surface area contributed by atoms with Gasteiger partial charge in [0.2, 0.25) is 0 Å². The largest absolute Gasteiger partial charge is 0.357 e. The average molecular weight is 523 g/mol. The number of aliphatic imine (C=N–C) groups is 1. The minimum atomic E-state index is 0. The van der Waals surface area contributed by atoms with Gasteiger partial charge >= 0.3 is 0 Å². The highest BCUT2D eigenvalue weighted by molar-refractivity contribution is 14.0. The van der Waals surface area contributed by atoms with Crippen molar-refractivity contribution < 1.29 is 0 Å². The summed E-state index contributed by atoms with van der Waals surface area (Å²) < 4.78 is 4.15. The van der Waals surface area contributed by atoms with Crippen LogP contribution in [0.15, 0.2) is 53.9 Å². The molecule has 1 atom stereocenters. The van der Waals surface area contributed by atoms with Gasteiger partial charge < -0.3 is 20.1 Å². The van der Waals surface area contributed by atoms with Crippen LogP contribution < -0.4 is 10.6 Å². The molecule has 0 aliphatic rings. The molecule has 2 heterocycles. The van der Waals surface area contributed by atoms with E-state index in [1.165, 1.54) is 16.5 Å². The second-order valence-corrected chi connectivity index (χ2v) is 7.49. The predicted molar refractivity (Wildman–Crippen MR) is 136 cm³/mol. The fourth-order valence-electron chi connectivity index (χ4n) is 3.49. The normalized spacial score (nSPS) is 12.8. The van der Waals surface area contributed by atoms with E-state index in [-0.39, 0.29) is 30.0 Å². The second kappa shape index (κ2) is 11.9. The van der Waals surface area contributed by atoms with E-state index in [0.717, 1.165) is 32.0 Å². The van der Waals surface area contributed by atoms with Crippen molar-refractivity contribution in [2.24, 2.45) is 12.0 Å². The standard InChI is InChI=1S/C22H33N7.HI/c1-5-23-22(25-16-21(27(2)3)19-15-26-28(4)17-19)24-12-8-13-29-14-11-18-9-6-7-10-20(18)29;/h6-7,9-11,14-15,17,21H,5,8,12-13,16H2,1-4H3,(H2,23,24,25);1H. The Morgan fingerprint density at radius 1 is 1.20 bits per heavy atom. The monoisotopic (exact) mass is 523 g/mol. The highest BCUT2D eigenvalue weighted by Gasteiger charge is 2.15. The maximum atomic E-state index is 4.81. The lowest BCUT2D eigenvalue weighted by molar-refractivity contribution is 0.306. The van der Waals surface area contributed by atoms with E-state index in [1.807, 2.05) is 17.9 Å². The fraction of sp³-hybridized carbons (Fsp3) is 0.455. The summed E-state index contributed by atoms with van der Waals surface area (Å²) in [6.07, 6.45) is 7.17. The van der Waals surface area contributed by atoms with Crippen LogP contribution in [0.4, 0.5) is 0 Å². The number of para-hydroxylation sites is 1. The van der Waals surface area contributed by atoms with Gasteiger partial charge in [0.1, 0.15) is 0 Å². The summed E-state index contributed by atoms with van der Waals surface area (Å²) in [5, 5.41) is 12.4. The Hall–Kier alpha value is -2.07. The Balaban J connectivity index is 0.00000320. The van der Waals surface area contributed by atoms with Gasteiger partial charge in [-0.25, -0.2) is 0 Å². The average Bonchev–Trinajstić information content (AvgIpc) is 3.31. The summed E-state index contributed by atoms with van der Waals surface area (Å²) in [6.45, 7) is 5.46. The molecule has 1 unspecified atom stereocenters. The van der Waals surface area contributed by atoms with Gasteiger partial charge in [-0.15, -0.1) is 24.0 Å². The van der Waals surface area contributed by atoms with Crippen molar-refractivity contribution in [3.63, 3.8) is 0 Å². The van der Waals surface area contributed by atoms with Crippen molar-refractivity contribution in [3.8, 4) is 0 Å². The molecule has 1 aromatic carbocycles. The van der Waals surface area contributed by atoms with Gasteiger partial charge in [0.05, 0.1) is 18.8 Å². The van der Waals surface area contributed by atoms with Crippen molar-refractivity contribution in [2.45, 2.75) is 25.9 Å². The summed E-state index contributed by atoms with van der Waals surface area (Å²) in [7, 11) is 6.10. The minimum Gasteiger partial charge on any atom is -0.357 e. The van der Waals surface area contributed by atoms with E-state index < -0.39 is 0 Å². The van der Waals surface area contributed by atoms with E-state index in [0.29, 0.717) is 6.54 Å². The third-order valence-electron chi connectivity index (χ3n) is 5.05.